The quantitative estimate of drug-likeness (QED) is 0.0825. The molecule has 0 saturated heterocycles. The summed E-state index contributed by atoms with van der Waals surface area (Å²) in [5.41, 5.74) is 5.86. The van der Waals surface area contributed by atoms with E-state index in [9.17, 15) is 19.2 Å². The van der Waals surface area contributed by atoms with Gasteiger partial charge in [-0.1, -0.05) is 62.2 Å². The van der Waals surface area contributed by atoms with Gasteiger partial charge >= 0.3 is 23.9 Å². The normalized spacial score (nSPS) is 10.4. The molecule has 45 heavy (non-hydrogen) atoms. The van der Waals surface area contributed by atoms with E-state index in [2.05, 4.69) is 19.7 Å². The molecule has 0 saturated carbocycles. The summed E-state index contributed by atoms with van der Waals surface area (Å²) in [7, 11) is 0. The van der Waals surface area contributed by atoms with Crippen LogP contribution in [-0.4, -0.2) is 43.7 Å². The van der Waals surface area contributed by atoms with Crippen molar-refractivity contribution in [2.24, 2.45) is 0 Å². The summed E-state index contributed by atoms with van der Waals surface area (Å²) in [4.78, 5) is 48.2. The Morgan fingerprint density at radius 2 is 1.00 bits per heavy atom. The fraction of sp³-hybridized carbons (Fsp3) is 0.243. The minimum absolute atomic E-state index is 0.0909. The second-order valence-electron chi connectivity index (χ2n) is 10.6. The van der Waals surface area contributed by atoms with Crippen molar-refractivity contribution < 1.29 is 38.1 Å². The summed E-state index contributed by atoms with van der Waals surface area (Å²) >= 11 is 0. The average molecular weight is 611 g/mol. The highest BCUT2D eigenvalue weighted by Crippen LogP contribution is 2.24. The first-order valence-electron chi connectivity index (χ1n) is 14.5. The highest BCUT2D eigenvalue weighted by Gasteiger charge is 2.14. The van der Waals surface area contributed by atoms with Crippen LogP contribution in [0.3, 0.4) is 0 Å². The lowest BCUT2D eigenvalue weighted by Gasteiger charge is -2.13. The summed E-state index contributed by atoms with van der Waals surface area (Å²) < 4.78 is 21.3. The Labute approximate surface area is 264 Å². The molecule has 3 rings (SSSR count). The van der Waals surface area contributed by atoms with Crippen LogP contribution in [0.25, 0.3) is 11.1 Å². The van der Waals surface area contributed by atoms with Gasteiger partial charge in [0.15, 0.2) is 0 Å². The molecule has 0 atom stereocenters. The fourth-order valence-electron chi connectivity index (χ4n) is 4.11. The predicted molar refractivity (Wildman–Crippen MR) is 172 cm³/mol. The smallest absolute Gasteiger partial charge is 0.343 e. The van der Waals surface area contributed by atoms with Crippen molar-refractivity contribution in [3.8, 4) is 16.9 Å². The van der Waals surface area contributed by atoms with Gasteiger partial charge in [-0.25, -0.2) is 19.2 Å². The first-order chi connectivity index (χ1) is 21.4. The standard InChI is InChI=1S/C37H38O8/c1-24(2)34(38)42-20-17-27-7-9-28(10-8-27)29-13-15-33(16-14-29)45-37(41)32-12-11-30(18-21-43-35(39)25(3)4)31(23-32)19-22-44-36(40)26(5)6/h7-16,23H,1,3,5,17-22H2,2,4,6H3. The molecule has 0 unspecified atom stereocenters. The van der Waals surface area contributed by atoms with Crippen molar-refractivity contribution in [2.45, 2.75) is 40.0 Å². The molecule has 0 N–H and O–H groups in total. The van der Waals surface area contributed by atoms with Crippen molar-refractivity contribution >= 4 is 23.9 Å². The van der Waals surface area contributed by atoms with E-state index >= 15 is 0 Å². The van der Waals surface area contributed by atoms with Gasteiger partial charge in [-0.05, 0) is 72.9 Å². The van der Waals surface area contributed by atoms with E-state index < -0.39 is 23.9 Å². The summed E-state index contributed by atoms with van der Waals surface area (Å²) in [5.74, 6) is -1.53. The van der Waals surface area contributed by atoms with Crippen LogP contribution in [0.15, 0.2) is 103 Å². The van der Waals surface area contributed by atoms with Crippen LogP contribution in [0.2, 0.25) is 0 Å². The number of esters is 4. The number of ether oxygens (including phenoxy) is 4. The molecule has 0 fully saturated rings. The maximum atomic E-state index is 13.1. The first-order valence-corrected chi connectivity index (χ1v) is 14.5. The maximum Gasteiger partial charge on any atom is 0.343 e. The Morgan fingerprint density at radius 3 is 1.49 bits per heavy atom. The predicted octanol–water partition coefficient (Wildman–Crippen LogP) is 6.56. The van der Waals surface area contributed by atoms with Gasteiger partial charge in [0.2, 0.25) is 0 Å². The largest absolute Gasteiger partial charge is 0.462 e. The van der Waals surface area contributed by atoms with Crippen LogP contribution < -0.4 is 4.74 Å². The van der Waals surface area contributed by atoms with E-state index in [-0.39, 0.29) is 19.8 Å². The molecule has 234 valence electrons. The molecule has 0 aliphatic heterocycles. The van der Waals surface area contributed by atoms with Crippen molar-refractivity contribution in [1.29, 1.82) is 0 Å². The van der Waals surface area contributed by atoms with Crippen LogP contribution in [0.4, 0.5) is 0 Å². The molecular formula is C37H38O8. The number of carbonyl (C=O) groups is 4. The van der Waals surface area contributed by atoms with E-state index in [1.165, 1.54) is 0 Å². The third kappa shape index (κ3) is 10.8. The van der Waals surface area contributed by atoms with Crippen LogP contribution in [-0.2, 0) is 47.9 Å². The highest BCUT2D eigenvalue weighted by molar-refractivity contribution is 5.91. The molecule has 3 aromatic rings. The molecule has 0 radical (unpaired) electrons. The molecule has 0 aliphatic rings. The van der Waals surface area contributed by atoms with Gasteiger partial charge in [-0.2, -0.15) is 0 Å². The molecule has 0 bridgehead atoms. The molecule has 0 spiro atoms. The third-order valence-corrected chi connectivity index (χ3v) is 6.67. The van der Waals surface area contributed by atoms with Crippen LogP contribution in [0, 0.1) is 0 Å². The molecule has 8 heteroatoms. The first kappa shape index (κ1) is 34.3. The zero-order valence-corrected chi connectivity index (χ0v) is 26.0. The van der Waals surface area contributed by atoms with Crippen molar-refractivity contribution in [3.05, 3.63) is 125 Å². The van der Waals surface area contributed by atoms with E-state index in [4.69, 9.17) is 18.9 Å². The highest BCUT2D eigenvalue weighted by atomic mass is 16.5. The second-order valence-corrected chi connectivity index (χ2v) is 10.6. The lowest BCUT2D eigenvalue weighted by Crippen LogP contribution is -2.13. The zero-order chi connectivity index (χ0) is 32.9. The Bertz CT molecular complexity index is 1580. The van der Waals surface area contributed by atoms with Crippen molar-refractivity contribution in [1.82, 2.24) is 0 Å². The Morgan fingerprint density at radius 1 is 0.556 bits per heavy atom. The number of hydrogen-bond acceptors (Lipinski definition) is 8. The van der Waals surface area contributed by atoms with Gasteiger partial charge in [0.25, 0.3) is 0 Å². The summed E-state index contributed by atoms with van der Waals surface area (Å²) in [5, 5.41) is 0. The molecule has 0 aliphatic carbocycles. The molecule has 0 amide bonds. The second kappa shape index (κ2) is 16.6. The Balaban J connectivity index is 1.65. The molecule has 0 aromatic heterocycles. The van der Waals surface area contributed by atoms with Gasteiger partial charge < -0.3 is 18.9 Å². The summed E-state index contributed by atoms with van der Waals surface area (Å²) in [6.07, 6.45) is 1.35. The monoisotopic (exact) mass is 610 g/mol. The Hall–Kier alpha value is -5.24. The van der Waals surface area contributed by atoms with Crippen LogP contribution >= 0.6 is 0 Å². The van der Waals surface area contributed by atoms with E-state index in [0.29, 0.717) is 47.3 Å². The van der Waals surface area contributed by atoms with E-state index in [0.717, 1.165) is 27.8 Å². The lowest BCUT2D eigenvalue weighted by atomic mass is 9.99. The molecular weight excluding hydrogens is 572 g/mol. The Kier molecular flexibility index (Phi) is 12.6. The maximum absolute atomic E-state index is 13.1. The van der Waals surface area contributed by atoms with E-state index in [1.54, 1.807) is 51.1 Å². The van der Waals surface area contributed by atoms with Gasteiger partial charge in [0, 0.05) is 36.0 Å². The number of rotatable bonds is 15. The minimum atomic E-state index is -0.542. The molecule has 0 heterocycles. The zero-order valence-electron chi connectivity index (χ0n) is 26.0. The minimum Gasteiger partial charge on any atom is -0.462 e. The van der Waals surface area contributed by atoms with Crippen molar-refractivity contribution in [3.63, 3.8) is 0 Å². The van der Waals surface area contributed by atoms with Gasteiger partial charge in [0.05, 0.1) is 25.4 Å². The van der Waals surface area contributed by atoms with E-state index in [1.807, 2.05) is 36.4 Å². The lowest BCUT2D eigenvalue weighted by molar-refractivity contribution is -0.139. The van der Waals surface area contributed by atoms with Crippen molar-refractivity contribution in [2.75, 3.05) is 19.8 Å². The summed E-state index contributed by atoms with van der Waals surface area (Å²) in [6.45, 7) is 16.0. The van der Waals surface area contributed by atoms with Gasteiger partial charge in [-0.3, -0.25) is 0 Å². The number of carbonyl (C=O) groups excluding carboxylic acids is 4. The number of hydrogen-bond donors (Lipinski definition) is 0. The van der Waals surface area contributed by atoms with Crippen LogP contribution in [0.5, 0.6) is 5.75 Å². The third-order valence-electron chi connectivity index (χ3n) is 6.67. The molecule has 3 aromatic carbocycles. The van der Waals surface area contributed by atoms with Crippen LogP contribution in [0.1, 0.15) is 47.8 Å². The average Bonchev–Trinajstić information content (AvgIpc) is 3.02. The topological polar surface area (TPSA) is 105 Å². The fourth-order valence-corrected chi connectivity index (χ4v) is 4.11. The number of benzene rings is 3. The van der Waals surface area contributed by atoms with Gasteiger partial charge in [-0.15, -0.1) is 0 Å². The van der Waals surface area contributed by atoms with Gasteiger partial charge in [0.1, 0.15) is 5.75 Å². The summed E-state index contributed by atoms with van der Waals surface area (Å²) in [6, 6.07) is 20.2. The SMILES string of the molecule is C=C(C)C(=O)OCCc1ccc(-c2ccc(OC(=O)c3ccc(CCOC(=O)C(=C)C)c(CCOC(=O)C(=C)C)c3)cc2)cc1. The molecule has 8 nitrogen and oxygen atoms in total.